The van der Waals surface area contributed by atoms with E-state index in [1.54, 1.807) is 23.4 Å². The van der Waals surface area contributed by atoms with Gasteiger partial charge >= 0.3 is 5.97 Å². The Balaban J connectivity index is 1.67. The van der Waals surface area contributed by atoms with E-state index in [0.717, 1.165) is 12.8 Å². The van der Waals surface area contributed by atoms with Crippen molar-refractivity contribution in [1.29, 1.82) is 0 Å². The highest BCUT2D eigenvalue weighted by Gasteiger charge is 2.35. The maximum absolute atomic E-state index is 12.4. The van der Waals surface area contributed by atoms with Crippen molar-refractivity contribution in [2.24, 2.45) is 22.6 Å². The van der Waals surface area contributed by atoms with Crippen molar-refractivity contribution in [3.63, 3.8) is 0 Å². The molecule has 7 heteroatoms. The monoisotopic (exact) mass is 316 g/mol. The number of ketones is 1. The molecule has 23 heavy (non-hydrogen) atoms. The standard InChI is InChI=1S/C16H20N4O3/c1-2-10-9-20(7-5-13(10)17)23-16(22)12-8-19-15-11(14(12)21)4-3-6-18-15/h3-4,6,8,10,12-13H,2,5,7,9,17H2,1H3. The van der Waals surface area contributed by atoms with Crippen LogP contribution in [0.2, 0.25) is 0 Å². The van der Waals surface area contributed by atoms with Crippen molar-refractivity contribution in [2.75, 3.05) is 13.1 Å². The SMILES string of the molecule is CCC1CN(OC(=O)C2C=Nc3ncccc3C2=O)CCC1N. The van der Waals surface area contributed by atoms with Crippen LogP contribution in [0.15, 0.2) is 23.3 Å². The van der Waals surface area contributed by atoms with Gasteiger partial charge in [-0.3, -0.25) is 4.79 Å². The Kier molecular flexibility index (Phi) is 4.49. The van der Waals surface area contributed by atoms with Gasteiger partial charge in [0.15, 0.2) is 17.5 Å². The number of aromatic nitrogens is 1. The largest absolute Gasteiger partial charge is 0.367 e. The van der Waals surface area contributed by atoms with Crippen LogP contribution < -0.4 is 5.73 Å². The summed E-state index contributed by atoms with van der Waals surface area (Å²) in [5, 5.41) is 1.61. The molecular formula is C16H20N4O3. The lowest BCUT2D eigenvalue weighted by molar-refractivity contribution is -0.200. The first-order valence-corrected chi connectivity index (χ1v) is 7.86. The molecular weight excluding hydrogens is 296 g/mol. The number of pyridine rings is 1. The lowest BCUT2D eigenvalue weighted by atomic mass is 9.92. The van der Waals surface area contributed by atoms with Gasteiger partial charge in [-0.05, 0) is 24.5 Å². The number of piperidine rings is 1. The van der Waals surface area contributed by atoms with Gasteiger partial charge in [-0.15, -0.1) is 5.06 Å². The Labute approximate surface area is 134 Å². The minimum atomic E-state index is -1.01. The summed E-state index contributed by atoms with van der Waals surface area (Å²) in [6.45, 7) is 3.25. The number of aliphatic imine (C=N–C) groups is 1. The van der Waals surface area contributed by atoms with Gasteiger partial charge in [0.1, 0.15) is 0 Å². The van der Waals surface area contributed by atoms with E-state index >= 15 is 0 Å². The topological polar surface area (TPSA) is 97.9 Å². The number of hydroxylamine groups is 2. The summed E-state index contributed by atoms with van der Waals surface area (Å²) in [6.07, 6.45) is 4.57. The van der Waals surface area contributed by atoms with Gasteiger partial charge in [-0.1, -0.05) is 13.3 Å². The summed E-state index contributed by atoms with van der Waals surface area (Å²) in [5.41, 5.74) is 6.40. The van der Waals surface area contributed by atoms with E-state index in [1.807, 2.05) is 0 Å². The second-order valence-corrected chi connectivity index (χ2v) is 5.91. The van der Waals surface area contributed by atoms with Gasteiger partial charge in [0.05, 0.1) is 5.56 Å². The van der Waals surface area contributed by atoms with Crippen LogP contribution in [0.25, 0.3) is 0 Å². The Hall–Kier alpha value is -2.12. The van der Waals surface area contributed by atoms with Gasteiger partial charge in [-0.2, -0.15) is 0 Å². The molecule has 3 heterocycles. The smallest absolute Gasteiger partial charge is 0.341 e. The third-order valence-electron chi connectivity index (χ3n) is 4.43. The summed E-state index contributed by atoms with van der Waals surface area (Å²) >= 11 is 0. The second kappa shape index (κ2) is 6.55. The highest BCUT2D eigenvalue weighted by Crippen LogP contribution is 2.25. The highest BCUT2D eigenvalue weighted by molar-refractivity contribution is 6.21. The summed E-state index contributed by atoms with van der Waals surface area (Å²) in [6, 6.07) is 3.40. The molecule has 3 unspecified atom stereocenters. The number of hydrogen-bond acceptors (Lipinski definition) is 7. The zero-order valence-electron chi connectivity index (χ0n) is 13.0. The number of nitrogens with two attached hydrogens (primary N) is 1. The van der Waals surface area contributed by atoms with Crippen LogP contribution in [0.5, 0.6) is 0 Å². The Bertz CT molecular complexity index is 646. The molecule has 0 spiro atoms. The molecule has 1 fully saturated rings. The zero-order valence-corrected chi connectivity index (χ0v) is 13.0. The molecule has 0 radical (unpaired) electrons. The van der Waals surface area contributed by atoms with E-state index < -0.39 is 11.9 Å². The van der Waals surface area contributed by atoms with Crippen molar-refractivity contribution in [2.45, 2.75) is 25.8 Å². The molecule has 1 aromatic heterocycles. The molecule has 0 aromatic carbocycles. The van der Waals surface area contributed by atoms with Gasteiger partial charge in [0.25, 0.3) is 0 Å². The first-order valence-electron chi connectivity index (χ1n) is 7.86. The van der Waals surface area contributed by atoms with Gasteiger partial charge < -0.3 is 10.6 Å². The van der Waals surface area contributed by atoms with E-state index in [1.165, 1.54) is 6.21 Å². The van der Waals surface area contributed by atoms with E-state index in [-0.39, 0.29) is 17.7 Å². The molecule has 0 aliphatic carbocycles. The molecule has 3 rings (SSSR count). The molecule has 1 aromatic rings. The number of Topliss-reactive ketones (excluding diaryl/α,β-unsaturated/α-hetero) is 1. The molecule has 0 amide bonds. The summed E-state index contributed by atoms with van der Waals surface area (Å²) in [7, 11) is 0. The number of fused-ring (bicyclic) bond motifs is 1. The van der Waals surface area contributed by atoms with Crippen LogP contribution in [0, 0.1) is 11.8 Å². The summed E-state index contributed by atoms with van der Waals surface area (Å²) in [4.78, 5) is 38.2. The molecule has 122 valence electrons. The summed E-state index contributed by atoms with van der Waals surface area (Å²) < 4.78 is 0. The third-order valence-corrected chi connectivity index (χ3v) is 4.43. The lowest BCUT2D eigenvalue weighted by Gasteiger charge is -2.35. The average Bonchev–Trinajstić information content (AvgIpc) is 2.57. The van der Waals surface area contributed by atoms with E-state index in [0.29, 0.717) is 24.5 Å². The molecule has 2 aliphatic heterocycles. The first-order chi connectivity index (χ1) is 11.1. The van der Waals surface area contributed by atoms with Crippen molar-refractivity contribution < 1.29 is 14.4 Å². The van der Waals surface area contributed by atoms with Crippen LogP contribution in [0.1, 0.15) is 30.1 Å². The molecule has 7 nitrogen and oxygen atoms in total. The maximum atomic E-state index is 12.4. The van der Waals surface area contributed by atoms with Gasteiger partial charge in [0, 0.05) is 31.5 Å². The van der Waals surface area contributed by atoms with Crippen molar-refractivity contribution in [3.05, 3.63) is 23.9 Å². The average molecular weight is 316 g/mol. The first kappa shape index (κ1) is 15.8. The fourth-order valence-corrected chi connectivity index (χ4v) is 2.96. The molecule has 3 atom stereocenters. The number of rotatable bonds is 3. The van der Waals surface area contributed by atoms with Crippen LogP contribution in [0.3, 0.4) is 0 Å². The van der Waals surface area contributed by atoms with E-state index in [9.17, 15) is 9.59 Å². The van der Waals surface area contributed by atoms with Crippen LogP contribution >= 0.6 is 0 Å². The number of carbonyl (C=O) groups is 2. The Morgan fingerprint density at radius 3 is 3.13 bits per heavy atom. The Morgan fingerprint density at radius 1 is 1.52 bits per heavy atom. The Morgan fingerprint density at radius 2 is 2.35 bits per heavy atom. The zero-order chi connectivity index (χ0) is 16.4. The lowest BCUT2D eigenvalue weighted by Crippen LogP contribution is -2.48. The highest BCUT2D eigenvalue weighted by atomic mass is 16.7. The number of hydrogen-bond donors (Lipinski definition) is 1. The van der Waals surface area contributed by atoms with E-state index in [2.05, 4.69) is 16.9 Å². The van der Waals surface area contributed by atoms with Crippen molar-refractivity contribution in [1.82, 2.24) is 10.0 Å². The van der Waals surface area contributed by atoms with E-state index in [4.69, 9.17) is 10.6 Å². The minimum absolute atomic E-state index is 0.130. The molecule has 0 bridgehead atoms. The molecule has 0 saturated carbocycles. The quantitative estimate of drug-likeness (QED) is 0.839. The van der Waals surface area contributed by atoms with Crippen LogP contribution in [-0.2, 0) is 9.63 Å². The maximum Gasteiger partial charge on any atom is 0.341 e. The fourth-order valence-electron chi connectivity index (χ4n) is 2.96. The van der Waals surface area contributed by atoms with Crippen LogP contribution in [0.4, 0.5) is 5.82 Å². The van der Waals surface area contributed by atoms with Gasteiger partial charge in [-0.25, -0.2) is 14.8 Å². The number of nitrogens with zero attached hydrogens (tertiary/aromatic N) is 3. The van der Waals surface area contributed by atoms with Crippen molar-refractivity contribution >= 4 is 23.8 Å². The van der Waals surface area contributed by atoms with Gasteiger partial charge in [0.2, 0.25) is 0 Å². The fraction of sp³-hybridized carbons (Fsp3) is 0.500. The minimum Gasteiger partial charge on any atom is -0.367 e. The number of carbonyl (C=O) groups excluding carboxylic acids is 2. The molecule has 2 aliphatic rings. The normalized spacial score (nSPS) is 27.6. The molecule has 2 N–H and O–H groups in total. The van der Waals surface area contributed by atoms with Crippen LogP contribution in [-0.4, -0.2) is 47.1 Å². The predicted octanol–water partition coefficient (Wildman–Crippen LogP) is 1.11. The molecule has 1 saturated heterocycles. The third kappa shape index (κ3) is 3.16. The predicted molar refractivity (Wildman–Crippen MR) is 84.2 cm³/mol. The second-order valence-electron chi connectivity index (χ2n) is 5.91. The van der Waals surface area contributed by atoms with Crippen molar-refractivity contribution in [3.8, 4) is 0 Å². The summed E-state index contributed by atoms with van der Waals surface area (Å²) in [5.74, 6) is -1.30.